The molecule has 0 amide bonds. The van der Waals surface area contributed by atoms with Crippen LogP contribution in [-0.2, 0) is 0 Å². The van der Waals surface area contributed by atoms with Gasteiger partial charge in [0.25, 0.3) is 0 Å². The van der Waals surface area contributed by atoms with Crippen molar-refractivity contribution in [3.63, 3.8) is 0 Å². The number of hydrogen-bond donors (Lipinski definition) is 5. The third-order valence-electron chi connectivity index (χ3n) is 4.16. The molecule has 0 saturated carbocycles. The van der Waals surface area contributed by atoms with Crippen molar-refractivity contribution in [1.29, 1.82) is 5.41 Å². The van der Waals surface area contributed by atoms with E-state index in [2.05, 4.69) is 20.6 Å². The Morgan fingerprint density at radius 2 is 1.90 bits per heavy atom. The molecule has 31 heavy (non-hydrogen) atoms. The lowest BCUT2D eigenvalue weighted by atomic mass is 10.1. The number of benzene rings is 1. The molecule has 1 rings (SSSR count). The van der Waals surface area contributed by atoms with Crippen molar-refractivity contribution < 1.29 is 8.78 Å². The Balaban J connectivity index is 3.26. The van der Waals surface area contributed by atoms with Crippen LogP contribution in [-0.4, -0.2) is 43.8 Å². The number of nitrogens with zero attached hydrogens (tertiary/aromatic N) is 2. The molecule has 7 N–H and O–H groups in total. The van der Waals surface area contributed by atoms with Crippen LogP contribution in [0.2, 0.25) is 0 Å². The second-order valence-corrected chi connectivity index (χ2v) is 6.79. The number of nitrogens with one attached hydrogen (secondary N) is 3. The third kappa shape index (κ3) is 7.84. The molecule has 0 spiro atoms. The van der Waals surface area contributed by atoms with E-state index in [0.29, 0.717) is 52.1 Å². The maximum Gasteiger partial charge on any atom is 0.160 e. The first-order valence-electron chi connectivity index (χ1n) is 10.2. The van der Waals surface area contributed by atoms with Gasteiger partial charge in [-0.25, -0.2) is 13.8 Å². The van der Waals surface area contributed by atoms with Crippen molar-refractivity contribution in [2.75, 3.05) is 30.4 Å². The predicted molar refractivity (Wildman–Crippen MR) is 128 cm³/mol. The standard InChI is InChI=1S/C22H33F2N7/c1-5-8-18(27)21(14(3)26)22(28-6-2)31-15(4)30-20-10-7-9-19(17(20)12-25)29-13-16(24)11-23/h7-10,12,16,25,29H,5-6,11,13,26-27H2,1-4H3,(H,28,30,31)/b18-8-,21-14+,25-12?. The summed E-state index contributed by atoms with van der Waals surface area (Å²) in [7, 11) is 0. The largest absolute Gasteiger partial charge is 0.402 e. The number of aliphatic imine (C=N–C) groups is 2. The summed E-state index contributed by atoms with van der Waals surface area (Å²) in [5.41, 5.74) is 15.4. The lowest BCUT2D eigenvalue weighted by Gasteiger charge is -2.16. The first kappa shape index (κ1) is 25.8. The van der Waals surface area contributed by atoms with Gasteiger partial charge in [-0.3, -0.25) is 4.99 Å². The molecule has 0 bridgehead atoms. The quantitative estimate of drug-likeness (QED) is 0.216. The minimum atomic E-state index is -1.61. The van der Waals surface area contributed by atoms with Gasteiger partial charge < -0.3 is 27.5 Å². The zero-order chi connectivity index (χ0) is 23.4. The Labute approximate surface area is 182 Å². The van der Waals surface area contributed by atoms with Gasteiger partial charge in [-0.05, 0) is 39.3 Å². The lowest BCUT2D eigenvalue weighted by molar-refractivity contribution is 0.273. The van der Waals surface area contributed by atoms with Gasteiger partial charge in [0.05, 0.1) is 11.3 Å². The molecule has 7 nitrogen and oxygen atoms in total. The van der Waals surface area contributed by atoms with E-state index in [0.717, 1.165) is 12.6 Å². The summed E-state index contributed by atoms with van der Waals surface area (Å²) in [5, 5.41) is 13.7. The summed E-state index contributed by atoms with van der Waals surface area (Å²) in [6.45, 7) is 6.60. The van der Waals surface area contributed by atoms with Crippen molar-refractivity contribution in [1.82, 2.24) is 0 Å². The number of nitrogens with two attached hydrogens (primary N) is 2. The van der Waals surface area contributed by atoms with E-state index in [1.807, 2.05) is 19.9 Å². The number of allylic oxidation sites excluding steroid dienone is 2. The van der Waals surface area contributed by atoms with Crippen LogP contribution in [0.15, 0.2) is 51.2 Å². The monoisotopic (exact) mass is 433 g/mol. The van der Waals surface area contributed by atoms with Crippen molar-refractivity contribution in [3.8, 4) is 0 Å². The highest BCUT2D eigenvalue weighted by Gasteiger charge is 2.14. The summed E-state index contributed by atoms with van der Waals surface area (Å²) in [4.78, 5) is 9.02. The van der Waals surface area contributed by atoms with Gasteiger partial charge >= 0.3 is 0 Å². The molecule has 0 fully saturated rings. The van der Waals surface area contributed by atoms with Gasteiger partial charge in [-0.2, -0.15) is 0 Å². The van der Waals surface area contributed by atoms with E-state index in [4.69, 9.17) is 16.9 Å². The first-order chi connectivity index (χ1) is 14.8. The van der Waals surface area contributed by atoms with Crippen LogP contribution in [0.4, 0.5) is 20.2 Å². The van der Waals surface area contributed by atoms with Crippen LogP contribution in [0.3, 0.4) is 0 Å². The number of halogens is 2. The average Bonchev–Trinajstić information content (AvgIpc) is 2.72. The minimum absolute atomic E-state index is 0.186. The maximum atomic E-state index is 13.3. The van der Waals surface area contributed by atoms with Gasteiger partial charge in [0.1, 0.15) is 18.7 Å². The molecular weight excluding hydrogens is 400 g/mol. The third-order valence-corrected chi connectivity index (χ3v) is 4.16. The highest BCUT2D eigenvalue weighted by Crippen LogP contribution is 2.23. The topological polar surface area (TPSA) is 125 Å². The molecular formula is C22H33F2N7. The second-order valence-electron chi connectivity index (χ2n) is 6.79. The van der Waals surface area contributed by atoms with E-state index < -0.39 is 12.8 Å². The Kier molecular flexibility index (Phi) is 10.9. The van der Waals surface area contributed by atoms with Crippen LogP contribution < -0.4 is 22.1 Å². The van der Waals surface area contributed by atoms with Crippen LogP contribution >= 0.6 is 0 Å². The van der Waals surface area contributed by atoms with E-state index in [1.165, 1.54) is 0 Å². The number of rotatable bonds is 10. The number of alkyl halides is 2. The fraction of sp³-hybridized carbons (Fsp3) is 0.409. The van der Waals surface area contributed by atoms with Gasteiger partial charge in [0.15, 0.2) is 5.84 Å². The Morgan fingerprint density at radius 3 is 2.45 bits per heavy atom. The Bertz CT molecular complexity index is 869. The molecule has 9 heteroatoms. The number of amidine groups is 2. The molecule has 0 radical (unpaired) electrons. The molecule has 0 aliphatic rings. The smallest absolute Gasteiger partial charge is 0.160 e. The van der Waals surface area contributed by atoms with E-state index in [1.54, 1.807) is 32.0 Å². The normalized spacial score (nSPS) is 14.7. The van der Waals surface area contributed by atoms with Crippen LogP contribution in [0.1, 0.15) is 39.7 Å². The van der Waals surface area contributed by atoms with Crippen molar-refractivity contribution in [2.24, 2.45) is 21.5 Å². The summed E-state index contributed by atoms with van der Waals surface area (Å²) >= 11 is 0. The fourth-order valence-corrected chi connectivity index (χ4v) is 2.82. The molecule has 1 unspecified atom stereocenters. The maximum absolute atomic E-state index is 13.3. The van der Waals surface area contributed by atoms with Crippen molar-refractivity contribution in [3.05, 3.63) is 46.8 Å². The second kappa shape index (κ2) is 13.1. The van der Waals surface area contributed by atoms with E-state index in [9.17, 15) is 8.78 Å². The summed E-state index contributed by atoms with van der Waals surface area (Å²) < 4.78 is 25.7. The predicted octanol–water partition coefficient (Wildman–Crippen LogP) is 4.14. The zero-order valence-electron chi connectivity index (χ0n) is 18.6. The molecule has 1 atom stereocenters. The zero-order valence-corrected chi connectivity index (χ0v) is 18.6. The van der Waals surface area contributed by atoms with Gasteiger partial charge in [-0.1, -0.05) is 19.1 Å². The van der Waals surface area contributed by atoms with Gasteiger partial charge in [0.2, 0.25) is 0 Å². The van der Waals surface area contributed by atoms with Crippen LogP contribution in [0.25, 0.3) is 0 Å². The average molecular weight is 434 g/mol. The summed E-state index contributed by atoms with van der Waals surface area (Å²) in [6, 6.07) is 5.20. The minimum Gasteiger partial charge on any atom is -0.402 e. The summed E-state index contributed by atoms with van der Waals surface area (Å²) in [5.74, 6) is 0.909. The van der Waals surface area contributed by atoms with Gasteiger partial charge in [-0.15, -0.1) is 0 Å². The molecule has 0 aliphatic heterocycles. The Morgan fingerprint density at radius 1 is 1.23 bits per heavy atom. The summed E-state index contributed by atoms with van der Waals surface area (Å²) in [6.07, 6.45) is 2.12. The highest BCUT2D eigenvalue weighted by molar-refractivity contribution is 6.12. The van der Waals surface area contributed by atoms with Crippen LogP contribution in [0.5, 0.6) is 0 Å². The molecule has 0 saturated heterocycles. The van der Waals surface area contributed by atoms with Crippen LogP contribution in [0, 0.1) is 5.41 Å². The molecule has 170 valence electrons. The number of anilines is 2. The lowest BCUT2D eigenvalue weighted by Crippen LogP contribution is -2.20. The molecule has 0 aromatic heterocycles. The van der Waals surface area contributed by atoms with E-state index >= 15 is 0 Å². The SMILES string of the molecule is CC/C=C(N)/C(C(N=C(C)Nc1cccc(NCC(F)CF)c1C=N)=NCC)=C(/C)N. The van der Waals surface area contributed by atoms with Crippen molar-refractivity contribution >= 4 is 29.3 Å². The fourth-order valence-electron chi connectivity index (χ4n) is 2.82. The Hall–Kier alpha value is -3.23. The van der Waals surface area contributed by atoms with Gasteiger partial charge in [0, 0.05) is 41.9 Å². The molecule has 0 aliphatic carbocycles. The molecule has 1 aromatic rings. The van der Waals surface area contributed by atoms with E-state index in [-0.39, 0.29) is 6.54 Å². The molecule has 0 heterocycles. The first-order valence-corrected chi connectivity index (χ1v) is 10.2. The molecule has 1 aromatic carbocycles. The van der Waals surface area contributed by atoms with Crippen molar-refractivity contribution in [2.45, 2.75) is 40.3 Å². The highest BCUT2D eigenvalue weighted by atomic mass is 19.2. The number of hydrogen-bond acceptors (Lipinski definition) is 5.